The van der Waals surface area contributed by atoms with Gasteiger partial charge in [-0.15, -0.1) is 0 Å². The Morgan fingerprint density at radius 1 is 1.10 bits per heavy atom. The quantitative estimate of drug-likeness (QED) is 0.235. The van der Waals surface area contributed by atoms with Gasteiger partial charge in [0.05, 0.1) is 26.3 Å². The number of pyridine rings is 2. The van der Waals surface area contributed by atoms with Gasteiger partial charge in [-0.3, -0.25) is 14.6 Å². The number of hydrogen-bond acceptors (Lipinski definition) is 5. The molecular formula is C31H26Cl3FN4O3. The summed E-state index contributed by atoms with van der Waals surface area (Å²) < 4.78 is 20.0. The number of rotatable bonds is 7. The number of carbonyl (C=O) groups excluding carboxylic acids is 2. The van der Waals surface area contributed by atoms with Crippen molar-refractivity contribution in [2.75, 3.05) is 13.2 Å². The Morgan fingerprint density at radius 2 is 1.86 bits per heavy atom. The van der Waals surface area contributed by atoms with Crippen LogP contribution in [0.25, 0.3) is 22.2 Å². The van der Waals surface area contributed by atoms with E-state index >= 15 is 0 Å². The lowest BCUT2D eigenvalue weighted by Crippen LogP contribution is -2.40. The van der Waals surface area contributed by atoms with E-state index in [0.717, 1.165) is 12.8 Å². The third-order valence-corrected chi connectivity index (χ3v) is 9.11. The number of ether oxygens (including phenoxy) is 1. The summed E-state index contributed by atoms with van der Waals surface area (Å²) in [5.41, 5.74) is 8.59. The van der Waals surface area contributed by atoms with Crippen LogP contribution in [0.4, 0.5) is 4.39 Å². The van der Waals surface area contributed by atoms with E-state index < -0.39 is 17.1 Å². The Labute approximate surface area is 256 Å². The molecule has 4 aromatic rings. The Kier molecular flexibility index (Phi) is 7.28. The smallest absolute Gasteiger partial charge is 0.251 e. The van der Waals surface area contributed by atoms with Gasteiger partial charge < -0.3 is 15.8 Å². The predicted molar refractivity (Wildman–Crippen MR) is 161 cm³/mol. The number of hydrogen-bond donors (Lipinski definition) is 2. The molecule has 11 heteroatoms. The molecule has 0 saturated heterocycles. The second-order valence-electron chi connectivity index (χ2n) is 11.1. The number of amides is 2. The van der Waals surface area contributed by atoms with Crippen LogP contribution in [0.1, 0.15) is 53.0 Å². The Bertz CT molecular complexity index is 1800. The first-order valence-corrected chi connectivity index (χ1v) is 14.6. The normalized spacial score (nSPS) is 18.4. The number of carbonyl (C=O) groups is 2. The molecule has 6 rings (SSSR count). The summed E-state index contributed by atoms with van der Waals surface area (Å²) in [7, 11) is 0. The number of halogens is 4. The fourth-order valence-electron chi connectivity index (χ4n) is 5.39. The van der Waals surface area contributed by atoms with E-state index in [0.29, 0.717) is 60.5 Å². The largest absolute Gasteiger partial charge is 0.489 e. The molecule has 216 valence electrons. The molecule has 0 spiro atoms. The minimum Gasteiger partial charge on any atom is -0.489 e. The summed E-state index contributed by atoms with van der Waals surface area (Å²) in [5, 5.41) is 4.48. The number of fused-ring (bicyclic) bond motifs is 2. The number of aryl methyl sites for hydroxylation is 1. The van der Waals surface area contributed by atoms with Crippen molar-refractivity contribution < 1.29 is 18.7 Å². The van der Waals surface area contributed by atoms with Crippen molar-refractivity contribution in [3.8, 4) is 17.0 Å². The molecule has 2 amide bonds. The van der Waals surface area contributed by atoms with Crippen LogP contribution in [0.5, 0.6) is 5.75 Å². The molecule has 1 aliphatic heterocycles. The first kappa shape index (κ1) is 28.6. The van der Waals surface area contributed by atoms with Crippen LogP contribution in [0.2, 0.25) is 15.1 Å². The van der Waals surface area contributed by atoms with Gasteiger partial charge in [0, 0.05) is 40.2 Å². The second-order valence-corrected chi connectivity index (χ2v) is 12.3. The van der Waals surface area contributed by atoms with Crippen molar-refractivity contribution in [1.29, 1.82) is 0 Å². The number of benzene rings is 2. The summed E-state index contributed by atoms with van der Waals surface area (Å²) in [4.78, 5) is 35.3. The van der Waals surface area contributed by atoms with Gasteiger partial charge in [-0.05, 0) is 75.1 Å². The summed E-state index contributed by atoms with van der Waals surface area (Å²) >= 11 is 18.8. The molecule has 3 N–H and O–H groups in total. The van der Waals surface area contributed by atoms with Gasteiger partial charge in [-0.25, -0.2) is 9.37 Å². The monoisotopic (exact) mass is 626 g/mol. The van der Waals surface area contributed by atoms with E-state index in [4.69, 9.17) is 50.3 Å². The average molecular weight is 628 g/mol. The maximum absolute atomic E-state index is 14.0. The van der Waals surface area contributed by atoms with E-state index in [1.807, 2.05) is 6.07 Å². The lowest BCUT2D eigenvalue weighted by atomic mass is 9.82. The first-order chi connectivity index (χ1) is 20.0. The molecule has 1 fully saturated rings. The molecule has 0 unspecified atom stereocenters. The molecule has 2 aromatic carbocycles. The van der Waals surface area contributed by atoms with Gasteiger partial charge in [0.2, 0.25) is 5.91 Å². The standard InChI is InChI=1S/C31H26Cl3FN4O3/c1-14-21(32)9-17-7-18(10-23(34)26(17)38-14)29(40)37-12-19(15-3-4-15)25-11-20-28(42-13-31(20,2)30(36)41)27(39-25)16-5-6-24(35)22(33)8-16/h5-11,15,19H,3-4,12-13H2,1-2H3,(H2,36,41)(H,37,40)/t19-,31-/m0/s1. The summed E-state index contributed by atoms with van der Waals surface area (Å²) in [6, 6.07) is 11.2. The maximum Gasteiger partial charge on any atom is 0.251 e. The van der Waals surface area contributed by atoms with Gasteiger partial charge in [0.25, 0.3) is 5.91 Å². The van der Waals surface area contributed by atoms with Crippen LogP contribution < -0.4 is 15.8 Å². The van der Waals surface area contributed by atoms with Crippen LogP contribution in [0, 0.1) is 18.7 Å². The minimum atomic E-state index is -1.08. The zero-order valence-electron chi connectivity index (χ0n) is 22.7. The number of nitrogens with one attached hydrogen (secondary N) is 1. The van der Waals surface area contributed by atoms with Crippen LogP contribution in [-0.2, 0) is 10.2 Å². The molecule has 0 radical (unpaired) electrons. The van der Waals surface area contributed by atoms with Crippen molar-refractivity contribution in [2.24, 2.45) is 11.7 Å². The lowest BCUT2D eigenvalue weighted by Gasteiger charge is -2.22. The van der Waals surface area contributed by atoms with Crippen LogP contribution in [0.3, 0.4) is 0 Å². The van der Waals surface area contributed by atoms with Gasteiger partial charge in [-0.2, -0.15) is 0 Å². The van der Waals surface area contributed by atoms with E-state index in [1.165, 1.54) is 12.1 Å². The molecule has 42 heavy (non-hydrogen) atoms. The summed E-state index contributed by atoms with van der Waals surface area (Å²) in [6.07, 6.45) is 1.93. The highest BCUT2D eigenvalue weighted by atomic mass is 35.5. The molecular weight excluding hydrogens is 602 g/mol. The molecule has 2 atom stereocenters. The fourth-order valence-corrected chi connectivity index (χ4v) is 6.00. The molecule has 3 heterocycles. The number of nitrogens with two attached hydrogens (primary N) is 1. The van der Waals surface area contributed by atoms with E-state index in [1.54, 1.807) is 38.1 Å². The molecule has 7 nitrogen and oxygen atoms in total. The average Bonchev–Trinajstić information content (AvgIpc) is 3.73. The minimum absolute atomic E-state index is 0.0523. The van der Waals surface area contributed by atoms with E-state index in [-0.39, 0.29) is 35.9 Å². The summed E-state index contributed by atoms with van der Waals surface area (Å²) in [5.74, 6) is -0.879. The number of primary amides is 1. The molecule has 2 aliphatic rings. The Morgan fingerprint density at radius 3 is 2.55 bits per heavy atom. The van der Waals surface area contributed by atoms with Gasteiger partial charge >= 0.3 is 0 Å². The first-order valence-electron chi connectivity index (χ1n) is 13.4. The topological polar surface area (TPSA) is 107 Å². The van der Waals surface area contributed by atoms with Crippen LogP contribution in [-0.4, -0.2) is 34.9 Å². The zero-order chi connectivity index (χ0) is 29.9. The third kappa shape index (κ3) is 5.06. The van der Waals surface area contributed by atoms with Crippen molar-refractivity contribution in [1.82, 2.24) is 15.3 Å². The second kappa shape index (κ2) is 10.7. The van der Waals surface area contributed by atoms with Gasteiger partial charge in [0.1, 0.15) is 29.3 Å². The van der Waals surface area contributed by atoms with Crippen LogP contribution >= 0.6 is 34.8 Å². The van der Waals surface area contributed by atoms with Gasteiger partial charge in [-0.1, -0.05) is 34.8 Å². The predicted octanol–water partition coefficient (Wildman–Crippen LogP) is 6.76. The number of aromatic nitrogens is 2. The van der Waals surface area contributed by atoms with Crippen molar-refractivity contribution >= 4 is 57.5 Å². The Hall–Kier alpha value is -3.46. The van der Waals surface area contributed by atoms with Crippen LogP contribution in [0.15, 0.2) is 42.5 Å². The molecule has 0 bridgehead atoms. The molecule has 2 aromatic heterocycles. The van der Waals surface area contributed by atoms with Crippen molar-refractivity contribution in [3.05, 3.63) is 85.9 Å². The molecule has 1 saturated carbocycles. The highest BCUT2D eigenvalue weighted by Gasteiger charge is 2.45. The Balaban J connectivity index is 1.36. The van der Waals surface area contributed by atoms with Gasteiger partial charge in [0.15, 0.2) is 0 Å². The highest BCUT2D eigenvalue weighted by Crippen LogP contribution is 2.48. The van der Waals surface area contributed by atoms with E-state index in [9.17, 15) is 14.0 Å². The van der Waals surface area contributed by atoms with Crippen molar-refractivity contribution in [3.63, 3.8) is 0 Å². The molecule has 1 aliphatic carbocycles. The maximum atomic E-state index is 14.0. The fraction of sp³-hybridized carbons (Fsp3) is 0.290. The van der Waals surface area contributed by atoms with Crippen molar-refractivity contribution in [2.45, 2.75) is 38.0 Å². The number of nitrogens with zero attached hydrogens (tertiary/aromatic N) is 2. The van der Waals surface area contributed by atoms with E-state index in [2.05, 4.69) is 10.3 Å². The highest BCUT2D eigenvalue weighted by molar-refractivity contribution is 6.36. The summed E-state index contributed by atoms with van der Waals surface area (Å²) in [6.45, 7) is 3.86. The zero-order valence-corrected chi connectivity index (χ0v) is 25.0. The third-order valence-electron chi connectivity index (χ3n) is 8.15. The lowest BCUT2D eigenvalue weighted by molar-refractivity contribution is -0.123. The SMILES string of the molecule is Cc1nc2c(Cl)cc(C(=O)NC[C@H](c3cc4c(c(-c5ccc(F)c(Cl)c5)n3)OC[C@]4(C)C(N)=O)C3CC3)cc2cc1Cl.